The van der Waals surface area contributed by atoms with Gasteiger partial charge in [-0.1, -0.05) is 12.1 Å². The van der Waals surface area contributed by atoms with Crippen molar-refractivity contribution in [1.29, 1.82) is 0 Å². The molecule has 5 heteroatoms. The molecule has 1 aliphatic carbocycles. The molecular weight excluding hydrogens is 268 g/mol. The van der Waals surface area contributed by atoms with Gasteiger partial charge in [-0.15, -0.1) is 0 Å². The van der Waals surface area contributed by atoms with Gasteiger partial charge in [-0.25, -0.2) is 0 Å². The number of nitrogens with one attached hydrogen (secondary N) is 1. The SMILES string of the molecule is CC(C)(C(=O)NC1CCC(C(=O)O)C1)c1ccc(N)cc1. The molecular formula is C16H22N2O3. The summed E-state index contributed by atoms with van der Waals surface area (Å²) in [5, 5.41) is 12.0. The Morgan fingerprint density at radius 1 is 1.24 bits per heavy atom. The molecule has 0 spiro atoms. The summed E-state index contributed by atoms with van der Waals surface area (Å²) in [5.74, 6) is -1.19. The molecule has 1 aromatic rings. The molecule has 4 N–H and O–H groups in total. The smallest absolute Gasteiger partial charge is 0.306 e. The second-order valence-electron chi connectivity index (χ2n) is 6.27. The highest BCUT2D eigenvalue weighted by atomic mass is 16.4. The lowest BCUT2D eigenvalue weighted by Crippen LogP contribution is -2.44. The van der Waals surface area contributed by atoms with Gasteiger partial charge in [0.05, 0.1) is 11.3 Å². The third-order valence-electron chi connectivity index (χ3n) is 4.32. The van der Waals surface area contributed by atoms with Gasteiger partial charge in [0.25, 0.3) is 0 Å². The highest BCUT2D eigenvalue weighted by Crippen LogP contribution is 2.28. The van der Waals surface area contributed by atoms with Crippen molar-refractivity contribution in [2.24, 2.45) is 5.92 Å². The van der Waals surface area contributed by atoms with E-state index in [2.05, 4.69) is 5.32 Å². The van der Waals surface area contributed by atoms with E-state index in [1.807, 2.05) is 26.0 Å². The van der Waals surface area contributed by atoms with E-state index < -0.39 is 11.4 Å². The summed E-state index contributed by atoms with van der Waals surface area (Å²) in [6, 6.07) is 7.21. The molecule has 2 unspecified atom stereocenters. The van der Waals surface area contributed by atoms with E-state index in [1.54, 1.807) is 12.1 Å². The molecule has 1 saturated carbocycles. The van der Waals surface area contributed by atoms with Crippen molar-refractivity contribution in [3.8, 4) is 0 Å². The van der Waals surface area contributed by atoms with Crippen molar-refractivity contribution >= 4 is 17.6 Å². The monoisotopic (exact) mass is 290 g/mol. The van der Waals surface area contributed by atoms with Crippen molar-refractivity contribution in [2.45, 2.75) is 44.6 Å². The van der Waals surface area contributed by atoms with Crippen LogP contribution in [0.4, 0.5) is 5.69 Å². The van der Waals surface area contributed by atoms with Crippen molar-refractivity contribution < 1.29 is 14.7 Å². The molecule has 2 rings (SSSR count). The third-order valence-corrected chi connectivity index (χ3v) is 4.32. The third kappa shape index (κ3) is 3.35. The fraction of sp³-hybridized carbons (Fsp3) is 0.500. The van der Waals surface area contributed by atoms with Crippen LogP contribution in [0.25, 0.3) is 0 Å². The number of aliphatic carboxylic acids is 1. The molecule has 0 aliphatic heterocycles. The first-order valence-corrected chi connectivity index (χ1v) is 7.20. The molecule has 0 bridgehead atoms. The number of rotatable bonds is 4. The van der Waals surface area contributed by atoms with Crippen molar-refractivity contribution in [2.75, 3.05) is 5.73 Å². The van der Waals surface area contributed by atoms with Gasteiger partial charge < -0.3 is 16.2 Å². The molecule has 5 nitrogen and oxygen atoms in total. The van der Waals surface area contributed by atoms with E-state index in [0.717, 1.165) is 12.0 Å². The number of carbonyl (C=O) groups excluding carboxylic acids is 1. The number of nitrogen functional groups attached to an aromatic ring is 1. The fourth-order valence-electron chi connectivity index (χ4n) is 2.73. The van der Waals surface area contributed by atoms with Crippen molar-refractivity contribution in [3.63, 3.8) is 0 Å². The number of carbonyl (C=O) groups is 2. The lowest BCUT2D eigenvalue weighted by molar-refractivity contribution is -0.141. The van der Waals surface area contributed by atoms with Crippen LogP contribution in [0, 0.1) is 5.92 Å². The van der Waals surface area contributed by atoms with Crippen LogP contribution >= 0.6 is 0 Å². The maximum atomic E-state index is 12.5. The maximum Gasteiger partial charge on any atom is 0.306 e. The van der Waals surface area contributed by atoms with Crippen LogP contribution in [0.3, 0.4) is 0 Å². The van der Waals surface area contributed by atoms with Gasteiger partial charge in [0.15, 0.2) is 0 Å². The highest BCUT2D eigenvalue weighted by Gasteiger charge is 2.35. The molecule has 1 fully saturated rings. The van der Waals surface area contributed by atoms with Crippen molar-refractivity contribution in [1.82, 2.24) is 5.32 Å². The van der Waals surface area contributed by atoms with E-state index in [9.17, 15) is 9.59 Å². The van der Waals surface area contributed by atoms with E-state index in [1.165, 1.54) is 0 Å². The summed E-state index contributed by atoms with van der Waals surface area (Å²) < 4.78 is 0. The zero-order valence-corrected chi connectivity index (χ0v) is 12.4. The Bertz CT molecular complexity index is 537. The number of amides is 1. The van der Waals surface area contributed by atoms with Crippen LogP contribution in [-0.4, -0.2) is 23.0 Å². The Labute approximate surface area is 124 Å². The first kappa shape index (κ1) is 15.4. The molecule has 1 amide bonds. The Hall–Kier alpha value is -2.04. The lowest BCUT2D eigenvalue weighted by atomic mass is 9.83. The van der Waals surface area contributed by atoms with Crippen molar-refractivity contribution in [3.05, 3.63) is 29.8 Å². The zero-order valence-electron chi connectivity index (χ0n) is 12.4. The second-order valence-corrected chi connectivity index (χ2v) is 6.27. The number of nitrogens with two attached hydrogens (primary N) is 1. The van der Waals surface area contributed by atoms with Crippen LogP contribution < -0.4 is 11.1 Å². The minimum atomic E-state index is -0.774. The predicted molar refractivity (Wildman–Crippen MR) is 80.8 cm³/mol. The normalized spacial score (nSPS) is 22.0. The Balaban J connectivity index is 2.02. The van der Waals surface area contributed by atoms with Crippen LogP contribution in [0.5, 0.6) is 0 Å². The van der Waals surface area contributed by atoms with Gasteiger partial charge in [0, 0.05) is 11.7 Å². The topological polar surface area (TPSA) is 92.4 Å². The van der Waals surface area contributed by atoms with E-state index in [-0.39, 0.29) is 17.9 Å². The minimum absolute atomic E-state index is 0.0494. The maximum absolute atomic E-state index is 12.5. The Kier molecular flexibility index (Phi) is 4.21. The number of hydrogen-bond acceptors (Lipinski definition) is 3. The molecule has 114 valence electrons. The number of carboxylic acid groups (broad SMARTS) is 1. The summed E-state index contributed by atoms with van der Waals surface area (Å²) in [6.07, 6.45) is 1.86. The van der Waals surface area contributed by atoms with Gasteiger partial charge >= 0.3 is 5.97 Å². The van der Waals surface area contributed by atoms with Gasteiger partial charge in [-0.05, 0) is 50.8 Å². The summed E-state index contributed by atoms with van der Waals surface area (Å²) in [7, 11) is 0. The van der Waals surface area contributed by atoms with E-state index in [0.29, 0.717) is 18.5 Å². The number of anilines is 1. The molecule has 1 aromatic carbocycles. The average molecular weight is 290 g/mol. The van der Waals surface area contributed by atoms with Crippen LogP contribution in [-0.2, 0) is 15.0 Å². The van der Waals surface area contributed by atoms with E-state index in [4.69, 9.17) is 10.8 Å². The molecule has 0 heterocycles. The summed E-state index contributed by atoms with van der Waals surface area (Å²) in [5.41, 5.74) is 6.55. The molecule has 0 radical (unpaired) electrons. The predicted octanol–water partition coefficient (Wildman–Crippen LogP) is 1.92. The van der Waals surface area contributed by atoms with Crippen LogP contribution in [0.1, 0.15) is 38.7 Å². The fourth-order valence-corrected chi connectivity index (χ4v) is 2.73. The van der Waals surface area contributed by atoms with Crippen LogP contribution in [0.2, 0.25) is 0 Å². The first-order chi connectivity index (χ1) is 9.80. The van der Waals surface area contributed by atoms with E-state index >= 15 is 0 Å². The van der Waals surface area contributed by atoms with Gasteiger partial charge in [-0.2, -0.15) is 0 Å². The largest absolute Gasteiger partial charge is 0.481 e. The average Bonchev–Trinajstić information content (AvgIpc) is 2.88. The van der Waals surface area contributed by atoms with Gasteiger partial charge in [0.1, 0.15) is 0 Å². The number of hydrogen-bond donors (Lipinski definition) is 3. The molecule has 0 aromatic heterocycles. The van der Waals surface area contributed by atoms with Gasteiger partial charge in [-0.3, -0.25) is 9.59 Å². The second kappa shape index (κ2) is 5.76. The molecule has 21 heavy (non-hydrogen) atoms. The molecule has 0 saturated heterocycles. The number of carboxylic acids is 1. The van der Waals surface area contributed by atoms with Gasteiger partial charge in [0.2, 0.25) is 5.91 Å². The van der Waals surface area contributed by atoms with Crippen LogP contribution in [0.15, 0.2) is 24.3 Å². The zero-order chi connectivity index (χ0) is 15.6. The Morgan fingerprint density at radius 3 is 2.38 bits per heavy atom. The minimum Gasteiger partial charge on any atom is -0.481 e. The quantitative estimate of drug-likeness (QED) is 0.739. The Morgan fingerprint density at radius 2 is 1.86 bits per heavy atom. The lowest BCUT2D eigenvalue weighted by Gasteiger charge is -2.26. The molecule has 2 atom stereocenters. The summed E-state index contributed by atoms with van der Waals surface area (Å²) >= 11 is 0. The standard InChI is InChI=1S/C16H22N2O3/c1-16(2,11-4-6-12(17)7-5-11)15(21)18-13-8-3-10(9-13)14(19)20/h4-7,10,13H,3,8-9,17H2,1-2H3,(H,18,21)(H,19,20). The summed E-state index contributed by atoms with van der Waals surface area (Å²) in [6.45, 7) is 3.72. The summed E-state index contributed by atoms with van der Waals surface area (Å²) in [4.78, 5) is 23.5. The molecule has 1 aliphatic rings. The number of benzene rings is 1. The highest BCUT2D eigenvalue weighted by molar-refractivity contribution is 5.87. The first-order valence-electron chi connectivity index (χ1n) is 7.20.